The van der Waals surface area contributed by atoms with Crippen LogP contribution in [0.4, 0.5) is 0 Å². The molecular formula is C18H30ClN. The summed E-state index contributed by atoms with van der Waals surface area (Å²) in [5.41, 5.74) is 1.74. The van der Waals surface area contributed by atoms with Gasteiger partial charge in [0.15, 0.2) is 0 Å². The number of unbranched alkanes of at least 4 members (excludes halogenated alkanes) is 1. The average Bonchev–Trinajstić information content (AvgIpc) is 2.45. The van der Waals surface area contributed by atoms with Crippen molar-refractivity contribution in [2.24, 2.45) is 5.41 Å². The molecule has 0 spiro atoms. The second kappa shape index (κ2) is 9.41. The molecular weight excluding hydrogens is 266 g/mol. The zero-order valence-corrected chi connectivity index (χ0v) is 14.1. The molecule has 0 saturated heterocycles. The van der Waals surface area contributed by atoms with Gasteiger partial charge in [0, 0.05) is 11.6 Å². The average molecular weight is 296 g/mol. The van der Waals surface area contributed by atoms with Crippen molar-refractivity contribution in [3.8, 4) is 0 Å². The van der Waals surface area contributed by atoms with Crippen molar-refractivity contribution in [1.29, 1.82) is 0 Å². The Kier molecular flexibility index (Phi) is 8.25. The van der Waals surface area contributed by atoms with Gasteiger partial charge in [0.05, 0.1) is 0 Å². The zero-order chi connectivity index (χ0) is 14.8. The van der Waals surface area contributed by atoms with Crippen molar-refractivity contribution >= 4 is 11.6 Å². The molecule has 0 aliphatic rings. The molecule has 0 fully saturated rings. The van der Waals surface area contributed by atoms with E-state index in [9.17, 15) is 0 Å². The Morgan fingerprint density at radius 1 is 1.15 bits per heavy atom. The fraction of sp³-hybridized carbons (Fsp3) is 0.667. The molecule has 0 aromatic heterocycles. The Labute approximate surface area is 130 Å². The van der Waals surface area contributed by atoms with E-state index < -0.39 is 0 Å². The Hall–Kier alpha value is -0.530. The largest absolute Gasteiger partial charge is 0.316 e. The van der Waals surface area contributed by atoms with Crippen LogP contribution in [-0.2, 0) is 6.42 Å². The number of rotatable bonds is 10. The third kappa shape index (κ3) is 5.85. The highest BCUT2D eigenvalue weighted by Crippen LogP contribution is 2.33. The summed E-state index contributed by atoms with van der Waals surface area (Å²) in [5, 5.41) is 4.49. The number of nitrogens with one attached hydrogen (secondary N) is 1. The predicted molar refractivity (Wildman–Crippen MR) is 90.6 cm³/mol. The number of halogens is 1. The fourth-order valence-electron chi connectivity index (χ4n) is 2.83. The topological polar surface area (TPSA) is 12.0 Å². The quantitative estimate of drug-likeness (QED) is 0.564. The lowest BCUT2D eigenvalue weighted by atomic mass is 9.75. The minimum Gasteiger partial charge on any atom is -0.316 e. The highest BCUT2D eigenvalue weighted by molar-refractivity contribution is 6.30. The van der Waals surface area contributed by atoms with Crippen molar-refractivity contribution in [2.75, 3.05) is 13.1 Å². The maximum Gasteiger partial charge on any atom is 0.0408 e. The summed E-state index contributed by atoms with van der Waals surface area (Å²) in [5.74, 6) is 0. The van der Waals surface area contributed by atoms with E-state index in [0.717, 1.165) is 24.5 Å². The van der Waals surface area contributed by atoms with Gasteiger partial charge in [0.2, 0.25) is 0 Å². The van der Waals surface area contributed by atoms with Gasteiger partial charge in [-0.3, -0.25) is 0 Å². The van der Waals surface area contributed by atoms with Crippen LogP contribution in [0.3, 0.4) is 0 Å². The van der Waals surface area contributed by atoms with Crippen LogP contribution in [0.1, 0.15) is 58.4 Å². The summed E-state index contributed by atoms with van der Waals surface area (Å²) < 4.78 is 0. The van der Waals surface area contributed by atoms with Gasteiger partial charge in [-0.2, -0.15) is 0 Å². The molecule has 20 heavy (non-hydrogen) atoms. The standard InChI is InChI=1S/C18H30ClN/c1-4-7-11-18(6-3,15-20-12-5-2)14-16-9-8-10-17(19)13-16/h8-10,13,20H,4-7,11-12,14-15H2,1-3H3. The molecule has 0 amide bonds. The van der Waals surface area contributed by atoms with Gasteiger partial charge in [0.1, 0.15) is 0 Å². The van der Waals surface area contributed by atoms with Gasteiger partial charge in [-0.05, 0) is 55.3 Å². The Balaban J connectivity index is 2.78. The summed E-state index contributed by atoms with van der Waals surface area (Å²) in [4.78, 5) is 0. The van der Waals surface area contributed by atoms with E-state index in [0.29, 0.717) is 5.41 Å². The first kappa shape index (κ1) is 17.5. The summed E-state index contributed by atoms with van der Waals surface area (Å²) in [6, 6.07) is 8.36. The molecule has 0 heterocycles. The van der Waals surface area contributed by atoms with Crippen molar-refractivity contribution < 1.29 is 0 Å². The lowest BCUT2D eigenvalue weighted by molar-refractivity contribution is 0.229. The second-order valence-electron chi connectivity index (χ2n) is 5.94. The SMILES string of the molecule is CCCCC(CC)(CNCCC)Cc1cccc(Cl)c1. The molecule has 1 unspecified atom stereocenters. The van der Waals surface area contributed by atoms with E-state index in [1.165, 1.54) is 37.7 Å². The van der Waals surface area contributed by atoms with E-state index in [4.69, 9.17) is 11.6 Å². The number of benzene rings is 1. The van der Waals surface area contributed by atoms with E-state index in [2.05, 4.69) is 44.3 Å². The highest BCUT2D eigenvalue weighted by atomic mass is 35.5. The fourth-order valence-corrected chi connectivity index (χ4v) is 3.04. The summed E-state index contributed by atoms with van der Waals surface area (Å²) in [6.07, 6.45) is 7.41. The minimum atomic E-state index is 0.371. The van der Waals surface area contributed by atoms with Crippen molar-refractivity contribution in [3.05, 3.63) is 34.9 Å². The lowest BCUT2D eigenvalue weighted by Crippen LogP contribution is -2.36. The predicted octanol–water partition coefficient (Wildman–Crippen LogP) is 5.47. The smallest absolute Gasteiger partial charge is 0.0408 e. The van der Waals surface area contributed by atoms with Gasteiger partial charge in [0.25, 0.3) is 0 Å². The Morgan fingerprint density at radius 2 is 1.95 bits per heavy atom. The number of hydrogen-bond acceptors (Lipinski definition) is 1. The molecule has 0 aliphatic heterocycles. The van der Waals surface area contributed by atoms with Crippen LogP contribution < -0.4 is 5.32 Å². The molecule has 0 radical (unpaired) electrons. The number of hydrogen-bond donors (Lipinski definition) is 1. The monoisotopic (exact) mass is 295 g/mol. The van der Waals surface area contributed by atoms with E-state index in [1.54, 1.807) is 0 Å². The maximum atomic E-state index is 6.13. The first-order chi connectivity index (χ1) is 9.65. The molecule has 1 rings (SSSR count). The Morgan fingerprint density at radius 3 is 2.55 bits per heavy atom. The molecule has 1 aromatic rings. The molecule has 0 aliphatic carbocycles. The molecule has 0 bridgehead atoms. The van der Waals surface area contributed by atoms with Crippen LogP contribution in [0.25, 0.3) is 0 Å². The molecule has 114 valence electrons. The maximum absolute atomic E-state index is 6.13. The minimum absolute atomic E-state index is 0.371. The second-order valence-corrected chi connectivity index (χ2v) is 6.38. The van der Waals surface area contributed by atoms with Crippen LogP contribution in [-0.4, -0.2) is 13.1 Å². The van der Waals surface area contributed by atoms with Crippen LogP contribution in [0.5, 0.6) is 0 Å². The molecule has 1 nitrogen and oxygen atoms in total. The van der Waals surface area contributed by atoms with Gasteiger partial charge < -0.3 is 5.32 Å². The van der Waals surface area contributed by atoms with Crippen LogP contribution in [0.2, 0.25) is 5.02 Å². The third-order valence-electron chi connectivity index (χ3n) is 4.21. The molecule has 1 aromatic carbocycles. The first-order valence-corrected chi connectivity index (χ1v) is 8.48. The van der Waals surface area contributed by atoms with Crippen LogP contribution >= 0.6 is 11.6 Å². The van der Waals surface area contributed by atoms with E-state index in [1.807, 2.05) is 6.07 Å². The molecule has 1 N–H and O–H groups in total. The highest BCUT2D eigenvalue weighted by Gasteiger charge is 2.27. The first-order valence-electron chi connectivity index (χ1n) is 8.11. The van der Waals surface area contributed by atoms with Gasteiger partial charge in [-0.15, -0.1) is 0 Å². The normalized spacial score (nSPS) is 14.2. The van der Waals surface area contributed by atoms with Gasteiger partial charge in [-0.1, -0.05) is 57.3 Å². The van der Waals surface area contributed by atoms with Gasteiger partial charge in [-0.25, -0.2) is 0 Å². The van der Waals surface area contributed by atoms with E-state index >= 15 is 0 Å². The van der Waals surface area contributed by atoms with Crippen molar-refractivity contribution in [1.82, 2.24) is 5.32 Å². The van der Waals surface area contributed by atoms with Crippen LogP contribution in [0.15, 0.2) is 24.3 Å². The van der Waals surface area contributed by atoms with Crippen LogP contribution in [0, 0.1) is 5.41 Å². The van der Waals surface area contributed by atoms with Crippen molar-refractivity contribution in [3.63, 3.8) is 0 Å². The molecule has 1 atom stereocenters. The Bertz CT molecular complexity index is 377. The summed E-state index contributed by atoms with van der Waals surface area (Å²) >= 11 is 6.13. The summed E-state index contributed by atoms with van der Waals surface area (Å²) in [7, 11) is 0. The molecule has 2 heteroatoms. The van der Waals surface area contributed by atoms with Crippen molar-refractivity contribution in [2.45, 2.75) is 59.3 Å². The third-order valence-corrected chi connectivity index (χ3v) is 4.44. The zero-order valence-electron chi connectivity index (χ0n) is 13.3. The summed E-state index contributed by atoms with van der Waals surface area (Å²) in [6.45, 7) is 9.06. The lowest BCUT2D eigenvalue weighted by Gasteiger charge is -2.34. The van der Waals surface area contributed by atoms with E-state index in [-0.39, 0.29) is 0 Å². The van der Waals surface area contributed by atoms with Gasteiger partial charge >= 0.3 is 0 Å². The molecule has 0 saturated carbocycles.